The molecule has 1 fully saturated rings. The highest BCUT2D eigenvalue weighted by molar-refractivity contribution is 7.85. The first-order valence-corrected chi connectivity index (χ1v) is 17.4. The number of amides is 1. The molecule has 1 atom stereocenters. The summed E-state index contributed by atoms with van der Waals surface area (Å²) in [6.07, 6.45) is -0.434. The van der Waals surface area contributed by atoms with Gasteiger partial charge in [0.15, 0.2) is 5.78 Å². The second-order valence-corrected chi connectivity index (χ2v) is 13.6. The summed E-state index contributed by atoms with van der Waals surface area (Å²) in [5.74, 6) is -3.57. The smallest absolute Gasteiger partial charge is 0.265 e. The summed E-state index contributed by atoms with van der Waals surface area (Å²) in [5.41, 5.74) is 0. The number of rotatable bonds is 21. The van der Waals surface area contributed by atoms with Crippen molar-refractivity contribution in [1.82, 2.24) is 24.9 Å². The van der Waals surface area contributed by atoms with Gasteiger partial charge in [0.25, 0.3) is 10.1 Å². The summed E-state index contributed by atoms with van der Waals surface area (Å²) in [5, 5.41) is 2.53. The summed E-state index contributed by atoms with van der Waals surface area (Å²) < 4.78 is 43.2. The Labute approximate surface area is 278 Å². The van der Waals surface area contributed by atoms with E-state index >= 15 is 0 Å². The number of hydrogen-bond acceptors (Lipinski definition) is 14. The van der Waals surface area contributed by atoms with E-state index in [1.807, 2.05) is 19.6 Å². The molecule has 2 N–H and O–H groups in total. The highest BCUT2D eigenvalue weighted by Gasteiger charge is 2.28. The molecule has 47 heavy (non-hydrogen) atoms. The molecule has 0 spiro atoms. The van der Waals surface area contributed by atoms with Crippen molar-refractivity contribution in [2.75, 3.05) is 117 Å². The lowest BCUT2D eigenvalue weighted by atomic mass is 10.0. The van der Waals surface area contributed by atoms with E-state index in [9.17, 15) is 41.7 Å². The van der Waals surface area contributed by atoms with E-state index in [1.54, 1.807) is 0 Å². The van der Waals surface area contributed by atoms with E-state index in [4.69, 9.17) is 9.47 Å². The van der Waals surface area contributed by atoms with Crippen molar-refractivity contribution in [2.45, 2.75) is 34.1 Å². The van der Waals surface area contributed by atoms with Crippen LogP contribution in [0.15, 0.2) is 0 Å². The third-order valence-electron chi connectivity index (χ3n) is 7.15. The van der Waals surface area contributed by atoms with Crippen molar-refractivity contribution in [3.63, 3.8) is 0 Å². The molecule has 270 valence electrons. The highest BCUT2D eigenvalue weighted by Crippen LogP contribution is 2.10. The van der Waals surface area contributed by atoms with Gasteiger partial charge in [-0.15, -0.1) is 0 Å². The molecule has 0 aromatic heterocycles. The normalized spacial score (nSPS) is 17.3. The fraction of sp³-hybridized carbons (Fsp3) is 0.800. The molecule has 1 rings (SSSR count). The van der Waals surface area contributed by atoms with Gasteiger partial charge < -0.3 is 14.8 Å². The molecule has 17 heteroatoms. The Bertz CT molecular complexity index is 1120. The van der Waals surface area contributed by atoms with Crippen molar-refractivity contribution in [1.29, 1.82) is 0 Å². The summed E-state index contributed by atoms with van der Waals surface area (Å²) in [6, 6.07) is 0. The molecule has 1 heterocycles. The van der Waals surface area contributed by atoms with Gasteiger partial charge in [0.1, 0.15) is 29.7 Å². The van der Waals surface area contributed by atoms with Crippen molar-refractivity contribution < 1.29 is 51.2 Å². The number of ether oxygens (including phenoxy) is 2. The number of ketones is 5. The van der Waals surface area contributed by atoms with Crippen molar-refractivity contribution in [2.24, 2.45) is 5.92 Å². The Hall–Kier alpha value is -2.51. The zero-order chi connectivity index (χ0) is 35.4. The van der Waals surface area contributed by atoms with Crippen LogP contribution in [0.25, 0.3) is 0 Å². The molecule has 16 nitrogen and oxygen atoms in total. The minimum absolute atomic E-state index is 0.0138. The Kier molecular flexibility index (Phi) is 20.8. The number of nitrogens with zero attached hydrogens (tertiary/aromatic N) is 4. The van der Waals surface area contributed by atoms with Crippen LogP contribution in [0.3, 0.4) is 0 Å². The summed E-state index contributed by atoms with van der Waals surface area (Å²) in [7, 11) is -4.58. The molecule has 0 bridgehead atoms. The molecular formula is C30H53N5O11S. The van der Waals surface area contributed by atoms with Crippen LogP contribution < -0.4 is 5.32 Å². The number of Topliss-reactive ketones (excluding diaryl/α,β-unsaturated/α-hetero) is 5. The number of hydrogen-bond donors (Lipinski definition) is 2. The lowest BCUT2D eigenvalue weighted by Gasteiger charge is -2.33. The second-order valence-electron chi connectivity index (χ2n) is 12.1. The zero-order valence-electron chi connectivity index (χ0n) is 28.2. The van der Waals surface area contributed by atoms with E-state index in [0.717, 1.165) is 0 Å². The average Bonchev–Trinajstić information content (AvgIpc) is 2.93. The summed E-state index contributed by atoms with van der Waals surface area (Å²) in [6.45, 7) is 10.5. The van der Waals surface area contributed by atoms with Crippen LogP contribution in [0, 0.1) is 5.92 Å². The van der Waals surface area contributed by atoms with E-state index in [-0.39, 0.29) is 82.3 Å². The molecule has 1 saturated heterocycles. The molecule has 1 amide bonds. The topological polar surface area (TPSA) is 200 Å². The maximum absolute atomic E-state index is 13.2. The van der Waals surface area contributed by atoms with Crippen molar-refractivity contribution >= 4 is 44.9 Å². The Morgan fingerprint density at radius 1 is 0.638 bits per heavy atom. The fourth-order valence-electron chi connectivity index (χ4n) is 5.05. The number of nitrogens with one attached hydrogen (secondary N) is 1. The molecule has 1 aliphatic heterocycles. The van der Waals surface area contributed by atoms with Crippen LogP contribution in [0.1, 0.15) is 34.1 Å². The first-order chi connectivity index (χ1) is 22.0. The minimum atomic E-state index is -4.58. The zero-order valence-corrected chi connectivity index (χ0v) is 29.1. The van der Waals surface area contributed by atoms with Gasteiger partial charge in [-0.1, -0.05) is 0 Å². The molecule has 0 radical (unpaired) electrons. The van der Waals surface area contributed by atoms with Gasteiger partial charge in [-0.3, -0.25) is 52.9 Å². The SMILES string of the molecule is CC(=O)COCCOCCNC(=O)[C@@H](CC(=O)CN1CCN(CC(C)=O)CCN(CC(C)=O)CCN(CC(C)=O)CC1)CS(=O)(=O)O. The van der Waals surface area contributed by atoms with Crippen LogP contribution in [0.5, 0.6) is 0 Å². The first kappa shape index (κ1) is 42.5. The quantitative estimate of drug-likeness (QED) is 0.101. The molecular weight excluding hydrogens is 638 g/mol. The lowest BCUT2D eigenvalue weighted by Crippen LogP contribution is -2.49. The van der Waals surface area contributed by atoms with Crippen molar-refractivity contribution in [3.05, 3.63) is 0 Å². The lowest BCUT2D eigenvalue weighted by molar-refractivity contribution is -0.129. The Morgan fingerprint density at radius 2 is 1.04 bits per heavy atom. The largest absolute Gasteiger partial charge is 0.377 e. The van der Waals surface area contributed by atoms with Gasteiger partial charge in [0.2, 0.25) is 5.91 Å². The maximum Gasteiger partial charge on any atom is 0.265 e. The molecule has 0 saturated carbocycles. The highest BCUT2D eigenvalue weighted by atomic mass is 32.2. The number of carbonyl (C=O) groups excluding carboxylic acids is 6. The van der Waals surface area contributed by atoms with Crippen LogP contribution in [0.2, 0.25) is 0 Å². The minimum Gasteiger partial charge on any atom is -0.377 e. The maximum atomic E-state index is 13.2. The molecule has 0 unspecified atom stereocenters. The fourth-order valence-corrected chi connectivity index (χ4v) is 5.83. The van der Waals surface area contributed by atoms with Crippen molar-refractivity contribution in [3.8, 4) is 0 Å². The van der Waals surface area contributed by atoms with Gasteiger partial charge in [-0.2, -0.15) is 8.42 Å². The van der Waals surface area contributed by atoms with E-state index < -0.39 is 39.9 Å². The monoisotopic (exact) mass is 691 g/mol. The molecule has 0 aromatic carbocycles. The third kappa shape index (κ3) is 22.7. The first-order valence-electron chi connectivity index (χ1n) is 15.8. The Balaban J connectivity index is 2.92. The van der Waals surface area contributed by atoms with Crippen LogP contribution in [0.4, 0.5) is 0 Å². The van der Waals surface area contributed by atoms with E-state index in [1.165, 1.54) is 27.7 Å². The van der Waals surface area contributed by atoms with Gasteiger partial charge in [0, 0.05) is 65.3 Å². The van der Waals surface area contributed by atoms with Crippen LogP contribution in [-0.2, 0) is 48.4 Å². The molecule has 1 aliphatic rings. The van der Waals surface area contributed by atoms with Gasteiger partial charge in [-0.05, 0) is 27.7 Å². The van der Waals surface area contributed by atoms with Crippen LogP contribution >= 0.6 is 0 Å². The average molecular weight is 692 g/mol. The van der Waals surface area contributed by atoms with E-state index in [0.29, 0.717) is 52.4 Å². The second kappa shape index (κ2) is 23.0. The van der Waals surface area contributed by atoms with Gasteiger partial charge in [-0.25, -0.2) is 0 Å². The summed E-state index contributed by atoms with van der Waals surface area (Å²) >= 11 is 0. The number of carbonyl (C=O) groups is 6. The predicted octanol–water partition coefficient (Wildman–Crippen LogP) is -1.82. The Morgan fingerprint density at radius 3 is 1.43 bits per heavy atom. The molecule has 0 aliphatic carbocycles. The predicted molar refractivity (Wildman–Crippen MR) is 173 cm³/mol. The van der Waals surface area contributed by atoms with Gasteiger partial charge in [0.05, 0.1) is 57.7 Å². The summed E-state index contributed by atoms with van der Waals surface area (Å²) in [4.78, 5) is 80.5. The van der Waals surface area contributed by atoms with Crippen LogP contribution in [-0.4, -0.2) is 185 Å². The standard InChI is InChI=1S/C30H53N5O11S/c1-24(36)18-32-6-8-33(19-25(2)37)10-12-35(13-11-34(9-7-32)20-26(3)38)21-29(40)17-28(23-47(42,43)44)30(41)31-5-14-45-15-16-46-22-27(4)39/h28H,5-23H2,1-4H3,(H,31,41)(H,42,43,44)/t28-/m0/s1. The third-order valence-corrected chi connectivity index (χ3v) is 7.97. The molecule has 0 aromatic rings. The van der Waals surface area contributed by atoms with E-state index in [2.05, 4.69) is 5.32 Å². The van der Waals surface area contributed by atoms with Gasteiger partial charge >= 0.3 is 0 Å².